The summed E-state index contributed by atoms with van der Waals surface area (Å²) in [6, 6.07) is -3.09. The first-order chi connectivity index (χ1) is 11.7. The van der Waals surface area contributed by atoms with Gasteiger partial charge in [0, 0.05) is 6.54 Å². The van der Waals surface area contributed by atoms with Gasteiger partial charge in [0.25, 0.3) is 0 Å². The van der Waals surface area contributed by atoms with Crippen molar-refractivity contribution >= 4 is 38.4 Å². The molecule has 26 heavy (non-hydrogen) atoms. The second-order valence-electron chi connectivity index (χ2n) is 7.33. The highest BCUT2D eigenvalue weighted by Gasteiger charge is 2.59. The van der Waals surface area contributed by atoms with Crippen molar-refractivity contribution in [3.05, 3.63) is 0 Å². The van der Waals surface area contributed by atoms with E-state index in [1.165, 1.54) is 0 Å². The monoisotopic (exact) mass is 490 g/mol. The lowest BCUT2D eigenvalue weighted by atomic mass is 9.78. The molecule has 1 amide bonds. The summed E-state index contributed by atoms with van der Waals surface area (Å²) in [7, 11) is 0. The van der Waals surface area contributed by atoms with E-state index >= 15 is 0 Å². The van der Waals surface area contributed by atoms with Gasteiger partial charge in [0.1, 0.15) is 15.4 Å². The molecule has 2 aliphatic rings. The fourth-order valence-electron chi connectivity index (χ4n) is 3.22. The van der Waals surface area contributed by atoms with Crippen molar-refractivity contribution in [1.82, 2.24) is 9.91 Å². The number of carbonyl (C=O) groups excluding carboxylic acids is 2. The molecule has 0 aliphatic carbocycles. The van der Waals surface area contributed by atoms with Crippen LogP contribution in [0.2, 0.25) is 0 Å². The Kier molecular flexibility index (Phi) is 5.43. The number of carboxylic acid groups (broad SMARTS) is 1. The molecule has 2 heterocycles. The van der Waals surface area contributed by atoms with Crippen molar-refractivity contribution in [2.75, 3.05) is 13.1 Å². The number of ether oxygens (including phenoxy) is 1. The van der Waals surface area contributed by atoms with Gasteiger partial charge < -0.3 is 14.6 Å². The van der Waals surface area contributed by atoms with E-state index in [9.17, 15) is 27.9 Å². The summed E-state index contributed by atoms with van der Waals surface area (Å²) in [5.41, 5.74) is -2.54. The van der Waals surface area contributed by atoms with Crippen LogP contribution in [0.5, 0.6) is 0 Å². The zero-order valence-electron chi connectivity index (χ0n) is 14.8. The van der Waals surface area contributed by atoms with Gasteiger partial charge >= 0.3 is 12.3 Å². The Morgan fingerprint density at radius 2 is 1.92 bits per heavy atom. The van der Waals surface area contributed by atoms with Gasteiger partial charge in [-0.25, -0.2) is 4.79 Å². The Morgan fingerprint density at radius 1 is 1.35 bits per heavy atom. The lowest BCUT2D eigenvalue weighted by molar-refractivity contribution is -0.317. The molecule has 0 radical (unpaired) electrons. The van der Waals surface area contributed by atoms with Gasteiger partial charge in [0.15, 0.2) is 0 Å². The Hall–Kier alpha value is -1.27. The Labute approximate surface area is 162 Å². The predicted octanol–water partition coefficient (Wildman–Crippen LogP) is 1.75. The summed E-state index contributed by atoms with van der Waals surface area (Å²) in [6.45, 7) is 5.10. The molecule has 0 spiro atoms. The van der Waals surface area contributed by atoms with Gasteiger partial charge in [-0.15, -0.1) is 0 Å². The maximum absolute atomic E-state index is 13.5. The van der Waals surface area contributed by atoms with Crippen LogP contribution in [0, 0.1) is 5.41 Å². The topological polar surface area (TPSA) is 85.3 Å². The average molecular weight is 490 g/mol. The molecule has 2 rings (SSSR count). The normalized spacial score (nSPS) is 29.3. The minimum atomic E-state index is -4.71. The SMILES string of the molecule is CCC1(C(=O)[O-])C(I)=NN2CC(C(F)(F)F)N(C(=O)OC(C)(C)C)CC21. The van der Waals surface area contributed by atoms with Gasteiger partial charge in [-0.3, -0.25) is 9.91 Å². The molecule has 0 aromatic heterocycles. The van der Waals surface area contributed by atoms with Gasteiger partial charge in [-0.1, -0.05) is 6.92 Å². The van der Waals surface area contributed by atoms with E-state index in [4.69, 9.17) is 4.74 Å². The van der Waals surface area contributed by atoms with Crippen LogP contribution < -0.4 is 5.11 Å². The highest BCUT2D eigenvalue weighted by atomic mass is 127. The number of halogens is 4. The number of carbonyl (C=O) groups is 2. The first kappa shape index (κ1) is 21.0. The third-order valence-corrected chi connectivity index (χ3v) is 5.72. The van der Waals surface area contributed by atoms with Crippen LogP contribution in [0.3, 0.4) is 0 Å². The lowest BCUT2D eigenvalue weighted by Gasteiger charge is -2.47. The molecule has 7 nitrogen and oxygen atoms in total. The van der Waals surface area contributed by atoms with Gasteiger partial charge in [0.2, 0.25) is 0 Å². The molecule has 1 fully saturated rings. The second kappa shape index (κ2) is 6.71. The van der Waals surface area contributed by atoms with Crippen molar-refractivity contribution in [1.29, 1.82) is 0 Å². The van der Waals surface area contributed by atoms with Crippen LogP contribution in [-0.4, -0.2) is 62.6 Å². The summed E-state index contributed by atoms with van der Waals surface area (Å²) in [5.74, 6) is -1.42. The zero-order chi connectivity index (χ0) is 20.1. The fraction of sp³-hybridized carbons (Fsp3) is 0.800. The third-order valence-electron chi connectivity index (χ3n) is 4.55. The minimum Gasteiger partial charge on any atom is -0.549 e. The smallest absolute Gasteiger partial charge is 0.410 e. The van der Waals surface area contributed by atoms with E-state index in [1.807, 2.05) is 0 Å². The van der Waals surface area contributed by atoms with Gasteiger partial charge in [-0.2, -0.15) is 18.3 Å². The summed E-state index contributed by atoms with van der Waals surface area (Å²) < 4.78 is 45.8. The predicted molar refractivity (Wildman–Crippen MR) is 92.5 cm³/mol. The molecule has 3 atom stereocenters. The summed E-state index contributed by atoms with van der Waals surface area (Å²) >= 11 is 1.71. The standard InChI is InChI=1S/C15H21F3IN3O4/c1-5-14(11(23)24)8-6-21(12(25)26-13(2,3)4)9(15(16,17)18)7-22(8)20-10(14)19/h8-9H,5-7H2,1-4H3,(H,23,24)/p-1. The van der Waals surface area contributed by atoms with Crippen LogP contribution in [-0.2, 0) is 9.53 Å². The fourth-order valence-corrected chi connectivity index (χ4v) is 4.46. The third kappa shape index (κ3) is 3.58. The Bertz CT molecular complexity index is 635. The summed E-state index contributed by atoms with van der Waals surface area (Å²) in [5, 5.41) is 17.0. The maximum Gasteiger partial charge on any atom is 0.410 e. The summed E-state index contributed by atoms with van der Waals surface area (Å²) in [6.07, 6.45) is -5.76. The van der Waals surface area contributed by atoms with Crippen LogP contribution >= 0.6 is 22.6 Å². The van der Waals surface area contributed by atoms with Gasteiger partial charge in [-0.05, 0) is 49.8 Å². The Morgan fingerprint density at radius 3 is 2.35 bits per heavy atom. The maximum atomic E-state index is 13.5. The van der Waals surface area contributed by atoms with E-state index < -0.39 is 54.4 Å². The Balaban J connectivity index is 2.42. The molecule has 1 saturated heterocycles. The van der Waals surface area contributed by atoms with E-state index in [0.29, 0.717) is 4.90 Å². The molecule has 0 saturated carbocycles. The molecule has 0 N–H and O–H groups in total. The number of carboxylic acids is 1. The van der Waals surface area contributed by atoms with E-state index in [-0.39, 0.29) is 10.1 Å². The number of amides is 1. The highest BCUT2D eigenvalue weighted by molar-refractivity contribution is 14.1. The average Bonchev–Trinajstić information content (AvgIpc) is 2.74. The molecule has 0 bridgehead atoms. The first-order valence-electron chi connectivity index (χ1n) is 8.03. The number of alkyl halides is 3. The number of hydrogen-bond acceptors (Lipinski definition) is 6. The van der Waals surface area contributed by atoms with Crippen LogP contribution in [0.25, 0.3) is 0 Å². The molecule has 2 aliphatic heterocycles. The number of piperazine rings is 1. The number of hydrazone groups is 1. The van der Waals surface area contributed by atoms with E-state index in [0.717, 1.165) is 5.01 Å². The van der Waals surface area contributed by atoms with E-state index in [2.05, 4.69) is 5.10 Å². The lowest BCUT2D eigenvalue weighted by Crippen LogP contribution is -2.67. The van der Waals surface area contributed by atoms with Crippen molar-refractivity contribution in [3.63, 3.8) is 0 Å². The number of aliphatic carboxylic acids is 1. The molecular formula is C15H20F3IN3O4-. The van der Waals surface area contributed by atoms with Crippen LogP contribution in [0.1, 0.15) is 34.1 Å². The van der Waals surface area contributed by atoms with Gasteiger partial charge in [0.05, 0.1) is 24.0 Å². The van der Waals surface area contributed by atoms with Crippen molar-refractivity contribution in [3.8, 4) is 0 Å². The van der Waals surface area contributed by atoms with Crippen molar-refractivity contribution in [2.24, 2.45) is 10.5 Å². The molecule has 0 aromatic carbocycles. The minimum absolute atomic E-state index is 0.0805. The molecule has 148 valence electrons. The summed E-state index contributed by atoms with van der Waals surface area (Å²) in [4.78, 5) is 24.8. The van der Waals surface area contributed by atoms with E-state index in [1.54, 1.807) is 50.3 Å². The number of hydrogen-bond donors (Lipinski definition) is 0. The number of nitrogens with zero attached hydrogens (tertiary/aromatic N) is 3. The second-order valence-corrected chi connectivity index (χ2v) is 8.35. The number of fused-ring (bicyclic) bond motifs is 1. The first-order valence-corrected chi connectivity index (χ1v) is 9.11. The highest BCUT2D eigenvalue weighted by Crippen LogP contribution is 2.44. The molecule has 0 aromatic rings. The van der Waals surface area contributed by atoms with Crippen molar-refractivity contribution < 1.29 is 32.6 Å². The molecule has 3 unspecified atom stereocenters. The number of rotatable bonds is 2. The largest absolute Gasteiger partial charge is 0.549 e. The zero-order valence-corrected chi connectivity index (χ0v) is 16.9. The van der Waals surface area contributed by atoms with Crippen molar-refractivity contribution in [2.45, 2.75) is 58.0 Å². The quantitative estimate of drug-likeness (QED) is 0.551. The van der Waals surface area contributed by atoms with Crippen LogP contribution in [0.4, 0.5) is 18.0 Å². The molecule has 11 heteroatoms. The van der Waals surface area contributed by atoms with Crippen LogP contribution in [0.15, 0.2) is 5.10 Å². The molecular weight excluding hydrogens is 470 g/mol.